The van der Waals surface area contributed by atoms with E-state index in [1.807, 2.05) is 36.1 Å². The lowest BCUT2D eigenvalue weighted by Crippen LogP contribution is -2.34. The Labute approximate surface area is 239 Å². The third-order valence-electron chi connectivity index (χ3n) is 6.75. The van der Waals surface area contributed by atoms with Crippen molar-refractivity contribution in [1.29, 1.82) is 0 Å². The van der Waals surface area contributed by atoms with Crippen LogP contribution in [0.1, 0.15) is 65.8 Å². The van der Waals surface area contributed by atoms with E-state index in [0.29, 0.717) is 30.9 Å². The zero-order valence-electron chi connectivity index (χ0n) is 23.6. The number of nitrogens with one attached hydrogen (secondary N) is 1. The van der Waals surface area contributed by atoms with E-state index < -0.39 is 11.7 Å². The maximum Gasteiger partial charge on any atom is 0.416 e. The van der Waals surface area contributed by atoms with Gasteiger partial charge in [0, 0.05) is 24.5 Å². The van der Waals surface area contributed by atoms with E-state index >= 15 is 0 Å². The normalized spacial score (nSPS) is 12.6. The number of rotatable bonds is 15. The van der Waals surface area contributed by atoms with Crippen LogP contribution in [0.3, 0.4) is 0 Å². The number of methoxy groups -OCH3 is 1. The molecule has 1 atom stereocenters. The first kappa shape index (κ1) is 31.6. The molecule has 1 unspecified atom stereocenters. The van der Waals surface area contributed by atoms with Crippen molar-refractivity contribution >= 4 is 17.2 Å². The number of ether oxygens (including phenoxy) is 1. The standard InChI is InChI=1S/C30H39F3N4O2S/c1-5-36(6-2)16-8-9-22(3)34-29(38)27-21-40-28(35-27)20-37(18-23-12-14-26(39-4)15-13-23)19-24-10-7-11-25(17-24)30(31,32)33/h7,10-15,17,21-22H,5-6,8-9,16,18-20H2,1-4H3,(H,34,38). The predicted molar refractivity (Wildman–Crippen MR) is 153 cm³/mol. The molecule has 1 N–H and O–H groups in total. The molecule has 0 bridgehead atoms. The van der Waals surface area contributed by atoms with Gasteiger partial charge in [0.15, 0.2) is 0 Å². The number of carbonyl (C=O) groups is 1. The average Bonchev–Trinajstić information content (AvgIpc) is 3.40. The molecule has 0 aliphatic heterocycles. The largest absolute Gasteiger partial charge is 0.497 e. The van der Waals surface area contributed by atoms with Crippen LogP contribution in [-0.4, -0.2) is 53.5 Å². The summed E-state index contributed by atoms with van der Waals surface area (Å²) >= 11 is 1.38. The Balaban J connectivity index is 1.67. The van der Waals surface area contributed by atoms with E-state index in [1.165, 1.54) is 23.5 Å². The summed E-state index contributed by atoms with van der Waals surface area (Å²) in [5, 5.41) is 5.50. The number of hydrogen-bond donors (Lipinski definition) is 1. The summed E-state index contributed by atoms with van der Waals surface area (Å²) in [6.45, 7) is 10.5. The van der Waals surface area contributed by atoms with Gasteiger partial charge in [-0.25, -0.2) is 4.98 Å². The van der Waals surface area contributed by atoms with Crippen molar-refractivity contribution in [3.63, 3.8) is 0 Å². The van der Waals surface area contributed by atoms with Crippen molar-refractivity contribution in [3.8, 4) is 5.75 Å². The number of nitrogens with zero attached hydrogens (tertiary/aromatic N) is 3. The lowest BCUT2D eigenvalue weighted by atomic mass is 10.1. The summed E-state index contributed by atoms with van der Waals surface area (Å²) in [5.74, 6) is 0.517. The molecule has 218 valence electrons. The molecule has 3 rings (SSSR count). The van der Waals surface area contributed by atoms with Gasteiger partial charge in [0.25, 0.3) is 5.91 Å². The van der Waals surface area contributed by atoms with Gasteiger partial charge in [-0.05, 0) is 68.7 Å². The summed E-state index contributed by atoms with van der Waals surface area (Å²) in [6, 6.07) is 13.0. The van der Waals surface area contributed by atoms with Crippen LogP contribution in [0.25, 0.3) is 0 Å². The number of amides is 1. The first-order valence-corrected chi connectivity index (χ1v) is 14.5. The predicted octanol–water partition coefficient (Wildman–Crippen LogP) is 6.61. The SMILES string of the molecule is CCN(CC)CCCC(C)NC(=O)c1csc(CN(Cc2ccc(OC)cc2)Cc2cccc(C(F)(F)F)c2)n1. The van der Waals surface area contributed by atoms with E-state index in [4.69, 9.17) is 4.74 Å². The van der Waals surface area contributed by atoms with Crippen molar-refractivity contribution in [1.82, 2.24) is 20.1 Å². The van der Waals surface area contributed by atoms with Gasteiger partial charge in [-0.2, -0.15) is 13.2 Å². The van der Waals surface area contributed by atoms with Crippen molar-refractivity contribution < 1.29 is 22.7 Å². The van der Waals surface area contributed by atoms with Gasteiger partial charge in [0.05, 0.1) is 19.2 Å². The molecule has 2 aromatic carbocycles. The van der Waals surface area contributed by atoms with Crippen LogP contribution < -0.4 is 10.1 Å². The fraction of sp³-hybridized carbons (Fsp3) is 0.467. The first-order chi connectivity index (χ1) is 19.1. The quantitative estimate of drug-likeness (QED) is 0.221. The zero-order chi connectivity index (χ0) is 29.1. The van der Waals surface area contributed by atoms with E-state index in [9.17, 15) is 18.0 Å². The fourth-order valence-corrected chi connectivity index (χ4v) is 5.29. The minimum Gasteiger partial charge on any atom is -0.497 e. The summed E-state index contributed by atoms with van der Waals surface area (Å²) < 4.78 is 45.1. The molecule has 0 fully saturated rings. The first-order valence-electron chi connectivity index (χ1n) is 13.6. The van der Waals surface area contributed by atoms with Crippen molar-refractivity contribution in [2.75, 3.05) is 26.7 Å². The van der Waals surface area contributed by atoms with Gasteiger partial charge >= 0.3 is 6.18 Å². The highest BCUT2D eigenvalue weighted by Crippen LogP contribution is 2.30. The van der Waals surface area contributed by atoms with Crippen LogP contribution in [0.15, 0.2) is 53.9 Å². The highest BCUT2D eigenvalue weighted by molar-refractivity contribution is 7.09. The molecule has 1 aromatic heterocycles. The van der Waals surface area contributed by atoms with Gasteiger partial charge in [-0.1, -0.05) is 44.2 Å². The summed E-state index contributed by atoms with van der Waals surface area (Å²) in [6.07, 6.45) is -2.52. The molecular weight excluding hydrogens is 537 g/mol. The van der Waals surface area contributed by atoms with Crippen LogP contribution in [0.2, 0.25) is 0 Å². The van der Waals surface area contributed by atoms with Crippen LogP contribution in [0.5, 0.6) is 5.75 Å². The Hall–Kier alpha value is -2.95. The van der Waals surface area contributed by atoms with E-state index in [1.54, 1.807) is 18.6 Å². The Kier molecular flexibility index (Phi) is 12.0. The second-order valence-corrected chi connectivity index (χ2v) is 10.8. The fourth-order valence-electron chi connectivity index (χ4n) is 4.47. The molecule has 1 heterocycles. The minimum absolute atomic E-state index is 0.0284. The number of hydrogen-bond acceptors (Lipinski definition) is 6. The maximum atomic E-state index is 13.3. The molecule has 0 spiro atoms. The second-order valence-electron chi connectivity index (χ2n) is 9.86. The summed E-state index contributed by atoms with van der Waals surface area (Å²) in [5.41, 5.74) is 1.23. The lowest BCUT2D eigenvalue weighted by molar-refractivity contribution is -0.137. The van der Waals surface area contributed by atoms with Crippen molar-refractivity contribution in [2.45, 2.75) is 65.5 Å². The third-order valence-corrected chi connectivity index (χ3v) is 7.59. The van der Waals surface area contributed by atoms with Gasteiger partial charge in [0.1, 0.15) is 16.5 Å². The Morgan fingerprint density at radius 2 is 1.73 bits per heavy atom. The zero-order valence-corrected chi connectivity index (χ0v) is 24.4. The average molecular weight is 577 g/mol. The monoisotopic (exact) mass is 576 g/mol. The number of alkyl halides is 3. The number of benzene rings is 2. The van der Waals surface area contributed by atoms with Crippen LogP contribution in [0, 0.1) is 0 Å². The Morgan fingerprint density at radius 1 is 1.02 bits per heavy atom. The van der Waals surface area contributed by atoms with Crippen molar-refractivity contribution in [2.24, 2.45) is 0 Å². The Morgan fingerprint density at radius 3 is 2.38 bits per heavy atom. The second kappa shape index (κ2) is 15.2. The minimum atomic E-state index is -4.41. The molecule has 40 heavy (non-hydrogen) atoms. The number of aromatic nitrogens is 1. The van der Waals surface area contributed by atoms with Crippen LogP contribution >= 0.6 is 11.3 Å². The number of thiazole rings is 1. The van der Waals surface area contributed by atoms with Gasteiger partial charge in [-0.15, -0.1) is 11.3 Å². The summed E-state index contributed by atoms with van der Waals surface area (Å²) in [4.78, 5) is 21.8. The van der Waals surface area contributed by atoms with E-state index in [-0.39, 0.29) is 11.9 Å². The highest BCUT2D eigenvalue weighted by atomic mass is 32.1. The smallest absolute Gasteiger partial charge is 0.416 e. The summed E-state index contributed by atoms with van der Waals surface area (Å²) in [7, 11) is 1.60. The molecular formula is C30H39F3N4O2S. The van der Waals surface area contributed by atoms with Gasteiger partial charge in [0.2, 0.25) is 0 Å². The third kappa shape index (κ3) is 9.91. The number of halogens is 3. The molecule has 0 saturated carbocycles. The molecule has 3 aromatic rings. The van der Waals surface area contributed by atoms with Crippen LogP contribution in [-0.2, 0) is 25.8 Å². The molecule has 0 saturated heterocycles. The number of carbonyl (C=O) groups excluding carboxylic acids is 1. The lowest BCUT2D eigenvalue weighted by Gasteiger charge is -2.22. The van der Waals surface area contributed by atoms with Gasteiger partial charge < -0.3 is 15.0 Å². The Bertz CT molecular complexity index is 1200. The topological polar surface area (TPSA) is 57.7 Å². The van der Waals surface area contributed by atoms with Gasteiger partial charge in [-0.3, -0.25) is 9.69 Å². The molecule has 0 aliphatic carbocycles. The molecule has 6 nitrogen and oxygen atoms in total. The van der Waals surface area contributed by atoms with Crippen LogP contribution in [0.4, 0.5) is 13.2 Å². The molecule has 0 aliphatic rings. The molecule has 1 amide bonds. The van der Waals surface area contributed by atoms with E-state index in [0.717, 1.165) is 54.9 Å². The van der Waals surface area contributed by atoms with E-state index in [2.05, 4.69) is 29.0 Å². The molecule has 0 radical (unpaired) electrons. The molecule has 10 heteroatoms. The highest BCUT2D eigenvalue weighted by Gasteiger charge is 2.30. The maximum absolute atomic E-state index is 13.3. The van der Waals surface area contributed by atoms with Crippen molar-refractivity contribution in [3.05, 3.63) is 81.3 Å².